The molecule has 3 rings (SSSR count). The summed E-state index contributed by atoms with van der Waals surface area (Å²) in [7, 11) is 0. The summed E-state index contributed by atoms with van der Waals surface area (Å²) in [5.74, 6) is -2.17. The summed E-state index contributed by atoms with van der Waals surface area (Å²) in [5.41, 5.74) is 2.44. The molecule has 2 aromatic carbocycles. The van der Waals surface area contributed by atoms with Crippen LogP contribution in [0.25, 0.3) is 11.1 Å². The van der Waals surface area contributed by atoms with E-state index in [1.54, 1.807) is 13.8 Å². The predicted octanol–water partition coefficient (Wildman–Crippen LogP) is 3.94. The van der Waals surface area contributed by atoms with Gasteiger partial charge in [0, 0.05) is 12.1 Å². The highest BCUT2D eigenvalue weighted by molar-refractivity contribution is 5.91. The van der Waals surface area contributed by atoms with Crippen molar-refractivity contribution < 1.29 is 23.8 Å². The van der Waals surface area contributed by atoms with Crippen molar-refractivity contribution in [2.45, 2.75) is 32.7 Å². The highest BCUT2D eigenvalue weighted by Gasteiger charge is 2.23. The fraction of sp³-hybridized carbons (Fsp3) is 0.269. The first-order chi connectivity index (χ1) is 15.9. The molecule has 2 N–H and O–H groups in total. The molecule has 2 unspecified atom stereocenters. The Morgan fingerprint density at radius 1 is 1.06 bits per heavy atom. The largest absolute Gasteiger partial charge is 0.502 e. The van der Waals surface area contributed by atoms with Crippen LogP contribution >= 0.6 is 0 Å². The van der Waals surface area contributed by atoms with Gasteiger partial charge in [-0.1, -0.05) is 61.5 Å². The molecule has 2 atom stereocenters. The molecular formula is C26H27NO6. The fourth-order valence-corrected chi connectivity index (χ4v) is 3.53. The maximum atomic E-state index is 12.7. The van der Waals surface area contributed by atoms with Crippen LogP contribution in [0.1, 0.15) is 36.4 Å². The van der Waals surface area contributed by atoms with E-state index < -0.39 is 29.0 Å². The zero-order chi connectivity index (χ0) is 23.8. The molecule has 1 amide bonds. The maximum absolute atomic E-state index is 12.7. The van der Waals surface area contributed by atoms with Gasteiger partial charge >= 0.3 is 5.97 Å². The normalized spacial score (nSPS) is 12.5. The Balaban J connectivity index is 1.77. The molecule has 0 aliphatic carbocycles. The minimum absolute atomic E-state index is 0.217. The Kier molecular flexibility index (Phi) is 8.02. The van der Waals surface area contributed by atoms with Crippen LogP contribution in [-0.4, -0.2) is 29.6 Å². The Hall–Kier alpha value is -3.87. The lowest BCUT2D eigenvalue weighted by Crippen LogP contribution is -2.39. The first kappa shape index (κ1) is 23.8. The summed E-state index contributed by atoms with van der Waals surface area (Å²) in [6.07, 6.45) is 1.63. The Morgan fingerprint density at radius 2 is 1.73 bits per heavy atom. The molecule has 0 aliphatic heterocycles. The standard InChI is InChI=1S/C26H27NO6/c1-3-32-26(31)17(2)13-21(27-25(30)24-15-22(28)23(29)16-33-24)14-18-9-11-20(12-10-18)19-7-5-4-6-8-19/h4-12,15-17,21,29H,3,13-14H2,1-2H3,(H,27,30). The molecule has 0 saturated carbocycles. The number of carbonyl (C=O) groups is 2. The molecule has 3 aromatic rings. The summed E-state index contributed by atoms with van der Waals surface area (Å²) >= 11 is 0. The molecule has 0 aliphatic rings. The van der Waals surface area contributed by atoms with Crippen molar-refractivity contribution in [1.82, 2.24) is 5.32 Å². The third-order valence-corrected chi connectivity index (χ3v) is 5.24. The quantitative estimate of drug-likeness (QED) is 0.479. The molecule has 1 heterocycles. The van der Waals surface area contributed by atoms with Gasteiger partial charge < -0.3 is 19.6 Å². The monoisotopic (exact) mass is 449 g/mol. The van der Waals surface area contributed by atoms with E-state index in [2.05, 4.69) is 5.32 Å². The molecule has 172 valence electrons. The minimum Gasteiger partial charge on any atom is -0.502 e. The number of ether oxygens (including phenoxy) is 1. The van der Waals surface area contributed by atoms with Crippen molar-refractivity contribution in [1.29, 1.82) is 0 Å². The number of hydrogen-bond donors (Lipinski definition) is 2. The van der Waals surface area contributed by atoms with Gasteiger partial charge in [-0.2, -0.15) is 0 Å². The number of nitrogens with one attached hydrogen (secondary N) is 1. The molecule has 1 aromatic heterocycles. The highest BCUT2D eigenvalue weighted by Crippen LogP contribution is 2.21. The molecule has 0 radical (unpaired) electrons. The van der Waals surface area contributed by atoms with E-state index in [4.69, 9.17) is 9.15 Å². The van der Waals surface area contributed by atoms with E-state index in [-0.39, 0.29) is 18.3 Å². The summed E-state index contributed by atoms with van der Waals surface area (Å²) in [6, 6.07) is 18.5. The van der Waals surface area contributed by atoms with E-state index in [0.29, 0.717) is 12.8 Å². The lowest BCUT2D eigenvalue weighted by atomic mass is 9.94. The summed E-state index contributed by atoms with van der Waals surface area (Å²) in [6.45, 7) is 3.77. The number of carbonyl (C=O) groups excluding carboxylic acids is 2. The van der Waals surface area contributed by atoms with E-state index in [9.17, 15) is 19.5 Å². The average molecular weight is 450 g/mol. The first-order valence-electron chi connectivity index (χ1n) is 10.8. The zero-order valence-electron chi connectivity index (χ0n) is 18.6. The van der Waals surface area contributed by atoms with E-state index in [0.717, 1.165) is 29.0 Å². The van der Waals surface area contributed by atoms with Crippen LogP contribution in [0.3, 0.4) is 0 Å². The third kappa shape index (κ3) is 6.55. The van der Waals surface area contributed by atoms with Crippen molar-refractivity contribution in [2.75, 3.05) is 6.61 Å². The van der Waals surface area contributed by atoms with Gasteiger partial charge in [-0.05, 0) is 36.5 Å². The van der Waals surface area contributed by atoms with Crippen molar-refractivity contribution in [2.24, 2.45) is 5.92 Å². The van der Waals surface area contributed by atoms with E-state index >= 15 is 0 Å². The van der Waals surface area contributed by atoms with E-state index in [1.165, 1.54) is 0 Å². The van der Waals surface area contributed by atoms with Gasteiger partial charge in [-0.25, -0.2) is 0 Å². The summed E-state index contributed by atoms with van der Waals surface area (Å²) in [4.78, 5) is 36.5. The lowest BCUT2D eigenvalue weighted by molar-refractivity contribution is -0.147. The van der Waals surface area contributed by atoms with Crippen molar-refractivity contribution in [3.8, 4) is 16.9 Å². The smallest absolute Gasteiger partial charge is 0.308 e. The maximum Gasteiger partial charge on any atom is 0.308 e. The van der Waals surface area contributed by atoms with Gasteiger partial charge in [0.05, 0.1) is 12.5 Å². The second-order valence-corrected chi connectivity index (χ2v) is 7.82. The van der Waals surface area contributed by atoms with Crippen LogP contribution in [-0.2, 0) is 16.0 Å². The molecular weight excluding hydrogens is 422 g/mol. The molecule has 0 saturated heterocycles. The number of aromatic hydroxyl groups is 1. The van der Waals surface area contributed by atoms with Crippen LogP contribution in [0, 0.1) is 5.92 Å². The number of benzene rings is 2. The lowest BCUT2D eigenvalue weighted by Gasteiger charge is -2.22. The first-order valence-corrected chi connectivity index (χ1v) is 10.8. The zero-order valence-corrected chi connectivity index (χ0v) is 18.6. The number of rotatable bonds is 9. The van der Waals surface area contributed by atoms with Gasteiger partial charge in [-0.15, -0.1) is 0 Å². The predicted molar refractivity (Wildman–Crippen MR) is 124 cm³/mol. The summed E-state index contributed by atoms with van der Waals surface area (Å²) in [5, 5.41) is 12.2. The van der Waals surface area contributed by atoms with Crippen LogP contribution in [0.15, 0.2) is 76.1 Å². The number of hydrogen-bond acceptors (Lipinski definition) is 6. The van der Waals surface area contributed by atoms with Crippen molar-refractivity contribution in [3.05, 3.63) is 88.5 Å². The molecule has 0 bridgehead atoms. The van der Waals surface area contributed by atoms with Gasteiger partial charge in [0.2, 0.25) is 5.43 Å². The molecule has 7 heteroatoms. The summed E-state index contributed by atoms with van der Waals surface area (Å²) < 4.78 is 10.2. The van der Waals surface area contributed by atoms with Gasteiger partial charge in [0.1, 0.15) is 6.26 Å². The van der Waals surface area contributed by atoms with E-state index in [1.807, 2.05) is 54.6 Å². The third-order valence-electron chi connectivity index (χ3n) is 5.24. The van der Waals surface area contributed by atoms with Gasteiger partial charge in [-0.3, -0.25) is 14.4 Å². The number of esters is 1. The second-order valence-electron chi connectivity index (χ2n) is 7.82. The molecule has 0 fully saturated rings. The van der Waals surface area contributed by atoms with Gasteiger partial charge in [0.15, 0.2) is 11.5 Å². The number of amides is 1. The fourth-order valence-electron chi connectivity index (χ4n) is 3.53. The SMILES string of the molecule is CCOC(=O)C(C)CC(Cc1ccc(-c2ccccc2)cc1)NC(=O)c1cc(=O)c(O)co1. The average Bonchev–Trinajstić information content (AvgIpc) is 2.82. The Bertz CT molecular complexity index is 1140. The van der Waals surface area contributed by atoms with Crippen LogP contribution < -0.4 is 10.7 Å². The van der Waals surface area contributed by atoms with Gasteiger partial charge in [0.25, 0.3) is 5.91 Å². The Labute approximate surface area is 192 Å². The van der Waals surface area contributed by atoms with Crippen LogP contribution in [0.5, 0.6) is 5.75 Å². The van der Waals surface area contributed by atoms with Crippen molar-refractivity contribution >= 4 is 11.9 Å². The molecule has 7 nitrogen and oxygen atoms in total. The second kappa shape index (κ2) is 11.1. The van der Waals surface area contributed by atoms with Crippen LogP contribution in [0.2, 0.25) is 0 Å². The molecule has 33 heavy (non-hydrogen) atoms. The highest BCUT2D eigenvalue weighted by atomic mass is 16.5. The van der Waals surface area contributed by atoms with Crippen LogP contribution in [0.4, 0.5) is 0 Å². The van der Waals surface area contributed by atoms with Crippen molar-refractivity contribution in [3.63, 3.8) is 0 Å². The molecule has 0 spiro atoms. The minimum atomic E-state index is -0.709. The Morgan fingerprint density at radius 3 is 2.36 bits per heavy atom. The topological polar surface area (TPSA) is 106 Å².